The van der Waals surface area contributed by atoms with Crippen LogP contribution in [0.3, 0.4) is 0 Å². The fourth-order valence-electron chi connectivity index (χ4n) is 1.46. The molecule has 0 fully saturated rings. The van der Waals surface area contributed by atoms with Gasteiger partial charge in [0.15, 0.2) is 0 Å². The standard InChI is InChI=1S/C11H17F6NO2/c1-9(12,13)10(14,11(15,16)17)5-3-4-6-20-8(19)7-18-2/h18H,3-7H2,1-2H3. The maximum absolute atomic E-state index is 13.5. The lowest BCUT2D eigenvalue weighted by molar-refractivity contribution is -0.299. The molecule has 0 aromatic heterocycles. The van der Waals surface area contributed by atoms with Crippen molar-refractivity contribution in [2.24, 2.45) is 0 Å². The highest BCUT2D eigenvalue weighted by molar-refractivity contribution is 5.71. The van der Waals surface area contributed by atoms with Crippen LogP contribution in [-0.2, 0) is 9.53 Å². The van der Waals surface area contributed by atoms with Crippen LogP contribution in [-0.4, -0.2) is 43.9 Å². The van der Waals surface area contributed by atoms with Gasteiger partial charge in [-0.25, -0.2) is 13.2 Å². The molecule has 120 valence electrons. The summed E-state index contributed by atoms with van der Waals surface area (Å²) in [5.41, 5.74) is -4.57. The maximum atomic E-state index is 13.5. The Morgan fingerprint density at radius 1 is 1.10 bits per heavy atom. The summed E-state index contributed by atoms with van der Waals surface area (Å²) < 4.78 is 80.9. The number of nitrogens with one attached hydrogen (secondary N) is 1. The summed E-state index contributed by atoms with van der Waals surface area (Å²) in [7, 11) is 1.49. The zero-order chi connectivity index (χ0) is 16.0. The molecule has 0 aliphatic rings. The normalized spacial score (nSPS) is 15.8. The van der Waals surface area contributed by atoms with Crippen LogP contribution in [0.2, 0.25) is 0 Å². The molecule has 0 aromatic rings. The van der Waals surface area contributed by atoms with Crippen molar-refractivity contribution in [2.45, 2.75) is 44.0 Å². The number of carbonyl (C=O) groups excluding carboxylic acids is 1. The van der Waals surface area contributed by atoms with E-state index in [1.54, 1.807) is 0 Å². The van der Waals surface area contributed by atoms with Crippen LogP contribution in [0.5, 0.6) is 0 Å². The number of ether oxygens (including phenoxy) is 1. The van der Waals surface area contributed by atoms with Crippen LogP contribution in [0.25, 0.3) is 0 Å². The first-order chi connectivity index (χ1) is 8.95. The second kappa shape index (κ2) is 7.14. The number of hydrogen-bond donors (Lipinski definition) is 1. The lowest BCUT2D eigenvalue weighted by atomic mass is 9.91. The molecule has 1 atom stereocenters. The number of carbonyl (C=O) groups is 1. The van der Waals surface area contributed by atoms with E-state index in [4.69, 9.17) is 0 Å². The fourth-order valence-corrected chi connectivity index (χ4v) is 1.46. The van der Waals surface area contributed by atoms with Crippen molar-refractivity contribution in [3.63, 3.8) is 0 Å². The highest BCUT2D eigenvalue weighted by Gasteiger charge is 2.68. The van der Waals surface area contributed by atoms with E-state index < -0.39 is 36.6 Å². The molecular formula is C11H17F6NO2. The Labute approximate surface area is 112 Å². The van der Waals surface area contributed by atoms with E-state index in [1.165, 1.54) is 7.05 Å². The van der Waals surface area contributed by atoms with Crippen molar-refractivity contribution in [1.29, 1.82) is 0 Å². The first kappa shape index (κ1) is 19.0. The molecule has 0 rings (SSSR count). The van der Waals surface area contributed by atoms with Gasteiger partial charge in [0, 0.05) is 6.92 Å². The van der Waals surface area contributed by atoms with E-state index in [9.17, 15) is 31.1 Å². The van der Waals surface area contributed by atoms with Crippen LogP contribution in [0.1, 0.15) is 26.2 Å². The molecule has 0 radical (unpaired) electrons. The average molecular weight is 309 g/mol. The molecule has 3 nitrogen and oxygen atoms in total. The summed E-state index contributed by atoms with van der Waals surface area (Å²) in [6, 6.07) is 0. The van der Waals surface area contributed by atoms with Crippen LogP contribution < -0.4 is 5.32 Å². The Morgan fingerprint density at radius 3 is 2.05 bits per heavy atom. The van der Waals surface area contributed by atoms with Crippen molar-refractivity contribution in [3.8, 4) is 0 Å². The van der Waals surface area contributed by atoms with Crippen molar-refractivity contribution in [3.05, 3.63) is 0 Å². The number of halogens is 6. The van der Waals surface area contributed by atoms with E-state index in [-0.39, 0.29) is 26.5 Å². The van der Waals surface area contributed by atoms with Gasteiger partial charge in [-0.2, -0.15) is 13.2 Å². The van der Waals surface area contributed by atoms with Gasteiger partial charge in [-0.1, -0.05) is 0 Å². The second-order valence-corrected chi connectivity index (χ2v) is 4.40. The van der Waals surface area contributed by atoms with E-state index in [0.29, 0.717) is 0 Å². The molecular weight excluding hydrogens is 292 g/mol. The molecule has 0 aliphatic carbocycles. The third-order valence-electron chi connectivity index (χ3n) is 2.64. The van der Waals surface area contributed by atoms with Gasteiger partial charge in [-0.3, -0.25) is 4.79 Å². The number of esters is 1. The summed E-state index contributed by atoms with van der Waals surface area (Å²) in [5, 5.41) is 2.49. The molecule has 1 N–H and O–H groups in total. The minimum absolute atomic E-state index is 0.0807. The number of hydrogen-bond acceptors (Lipinski definition) is 3. The van der Waals surface area contributed by atoms with Gasteiger partial charge in [0.1, 0.15) is 0 Å². The Morgan fingerprint density at radius 2 is 1.65 bits per heavy atom. The molecule has 0 heterocycles. The lowest BCUT2D eigenvalue weighted by Crippen LogP contribution is -2.53. The summed E-state index contributed by atoms with van der Waals surface area (Å²) in [6.07, 6.45) is -7.66. The van der Waals surface area contributed by atoms with E-state index >= 15 is 0 Å². The van der Waals surface area contributed by atoms with E-state index in [0.717, 1.165) is 0 Å². The lowest BCUT2D eigenvalue weighted by Gasteiger charge is -2.32. The van der Waals surface area contributed by atoms with Gasteiger partial charge in [-0.05, 0) is 26.3 Å². The van der Waals surface area contributed by atoms with Gasteiger partial charge in [0.05, 0.1) is 13.2 Å². The summed E-state index contributed by atoms with van der Waals surface area (Å²) in [5.74, 6) is -5.16. The first-order valence-electron chi connectivity index (χ1n) is 5.89. The van der Waals surface area contributed by atoms with Crippen molar-refractivity contribution in [1.82, 2.24) is 5.32 Å². The SMILES string of the molecule is CNCC(=O)OCCCCC(F)(C(C)(F)F)C(F)(F)F. The van der Waals surface area contributed by atoms with Crippen LogP contribution in [0.15, 0.2) is 0 Å². The average Bonchev–Trinajstić information content (AvgIpc) is 2.25. The number of unbranched alkanes of at least 4 members (excludes halogenated alkanes) is 1. The maximum Gasteiger partial charge on any atom is 0.428 e. The van der Waals surface area contributed by atoms with Gasteiger partial charge in [0.2, 0.25) is 0 Å². The summed E-state index contributed by atoms with van der Waals surface area (Å²) >= 11 is 0. The van der Waals surface area contributed by atoms with Gasteiger partial charge in [-0.15, -0.1) is 0 Å². The van der Waals surface area contributed by atoms with Gasteiger partial charge in [0.25, 0.3) is 11.6 Å². The Kier molecular flexibility index (Phi) is 6.79. The molecule has 0 saturated heterocycles. The van der Waals surface area contributed by atoms with E-state index in [1.807, 2.05) is 0 Å². The summed E-state index contributed by atoms with van der Waals surface area (Å²) in [6.45, 7) is -0.431. The number of likely N-dealkylation sites (N-methyl/N-ethyl adjacent to an activating group) is 1. The van der Waals surface area contributed by atoms with Gasteiger partial charge < -0.3 is 10.1 Å². The van der Waals surface area contributed by atoms with Crippen LogP contribution in [0.4, 0.5) is 26.3 Å². The molecule has 1 unspecified atom stereocenters. The third kappa shape index (κ3) is 5.18. The quantitative estimate of drug-likeness (QED) is 0.426. The number of alkyl halides is 6. The molecule has 9 heteroatoms. The molecule has 20 heavy (non-hydrogen) atoms. The summed E-state index contributed by atoms with van der Waals surface area (Å²) in [4.78, 5) is 10.9. The fraction of sp³-hybridized carbons (Fsp3) is 0.909. The van der Waals surface area contributed by atoms with Crippen LogP contribution >= 0.6 is 0 Å². The minimum Gasteiger partial charge on any atom is -0.465 e. The smallest absolute Gasteiger partial charge is 0.428 e. The highest BCUT2D eigenvalue weighted by atomic mass is 19.4. The van der Waals surface area contributed by atoms with E-state index in [2.05, 4.69) is 10.1 Å². The second-order valence-electron chi connectivity index (χ2n) is 4.40. The predicted molar refractivity (Wildman–Crippen MR) is 59.3 cm³/mol. The molecule has 0 aromatic carbocycles. The molecule has 0 saturated carbocycles. The Bertz CT molecular complexity index is 299. The predicted octanol–water partition coefficient (Wildman–Crippen LogP) is 2.85. The first-order valence-corrected chi connectivity index (χ1v) is 5.89. The Hall–Kier alpha value is -0.990. The Balaban J connectivity index is 4.29. The molecule has 0 aliphatic heterocycles. The largest absolute Gasteiger partial charge is 0.465 e. The monoisotopic (exact) mass is 309 g/mol. The van der Waals surface area contributed by atoms with Gasteiger partial charge >= 0.3 is 12.1 Å². The third-order valence-corrected chi connectivity index (χ3v) is 2.64. The zero-order valence-electron chi connectivity index (χ0n) is 11.1. The minimum atomic E-state index is -5.66. The highest BCUT2D eigenvalue weighted by Crippen LogP contribution is 2.48. The zero-order valence-corrected chi connectivity index (χ0v) is 11.1. The van der Waals surface area contributed by atoms with Crippen LogP contribution in [0, 0.1) is 0 Å². The van der Waals surface area contributed by atoms with Crippen molar-refractivity contribution >= 4 is 5.97 Å². The molecule has 0 amide bonds. The molecule has 0 spiro atoms. The van der Waals surface area contributed by atoms with Crippen molar-refractivity contribution < 1.29 is 35.9 Å². The molecule has 0 bridgehead atoms. The number of rotatable bonds is 8. The van der Waals surface area contributed by atoms with Crippen molar-refractivity contribution in [2.75, 3.05) is 20.2 Å². The topological polar surface area (TPSA) is 38.3 Å².